The number of hydrogen-bond acceptors (Lipinski definition) is 1. The largest absolute Gasteiger partial charge is 0.311 e. The molecule has 1 unspecified atom stereocenters. The summed E-state index contributed by atoms with van der Waals surface area (Å²) in [5.41, 5.74) is 2.27. The lowest BCUT2D eigenvalue weighted by Gasteiger charge is -2.07. The maximum absolute atomic E-state index is 6.06. The molecule has 0 bridgehead atoms. The van der Waals surface area contributed by atoms with E-state index in [4.69, 9.17) is 11.6 Å². The monoisotopic (exact) mass is 237 g/mol. The summed E-state index contributed by atoms with van der Waals surface area (Å²) in [6.07, 6.45) is 5.43. The van der Waals surface area contributed by atoms with Crippen molar-refractivity contribution in [3.63, 3.8) is 0 Å². The molecule has 1 nitrogen and oxygen atoms in total. The van der Waals surface area contributed by atoms with E-state index in [0.717, 1.165) is 29.1 Å². The van der Waals surface area contributed by atoms with Crippen LogP contribution in [0.5, 0.6) is 0 Å². The molecule has 0 saturated heterocycles. The van der Waals surface area contributed by atoms with Gasteiger partial charge in [0, 0.05) is 11.1 Å². The molecule has 0 aliphatic heterocycles. The molecule has 0 aromatic heterocycles. The smallest absolute Gasteiger partial charge is 0.0441 e. The molecule has 0 aliphatic rings. The number of halogens is 1. The van der Waals surface area contributed by atoms with Crippen LogP contribution in [-0.2, 0) is 0 Å². The molecular weight excluding hydrogens is 218 g/mol. The minimum atomic E-state index is 0.403. The van der Waals surface area contributed by atoms with Crippen LogP contribution in [0, 0.1) is 6.92 Å². The van der Waals surface area contributed by atoms with Gasteiger partial charge in [-0.05, 0) is 44.0 Å². The second-order valence-corrected chi connectivity index (χ2v) is 4.52. The van der Waals surface area contributed by atoms with Gasteiger partial charge in [0.15, 0.2) is 0 Å². The third-order valence-electron chi connectivity index (χ3n) is 2.49. The quantitative estimate of drug-likeness (QED) is 0.815. The normalized spacial score (nSPS) is 13.2. The molecule has 88 valence electrons. The molecule has 2 heteroatoms. The lowest BCUT2D eigenvalue weighted by molar-refractivity contribution is 0.625. The van der Waals surface area contributed by atoms with E-state index in [1.54, 1.807) is 0 Å². The Kier molecular flexibility index (Phi) is 5.58. The van der Waals surface area contributed by atoms with Crippen LogP contribution in [0.25, 0.3) is 6.08 Å². The summed E-state index contributed by atoms with van der Waals surface area (Å²) >= 11 is 6.06. The molecular formula is C14H20ClN. The first-order chi connectivity index (χ1) is 7.63. The predicted molar refractivity (Wildman–Crippen MR) is 73.0 cm³/mol. The molecule has 0 fully saturated rings. The van der Waals surface area contributed by atoms with Crippen LogP contribution in [0.2, 0.25) is 5.02 Å². The molecule has 16 heavy (non-hydrogen) atoms. The Hall–Kier alpha value is -0.790. The van der Waals surface area contributed by atoms with Crippen molar-refractivity contribution < 1.29 is 0 Å². The third-order valence-corrected chi connectivity index (χ3v) is 2.90. The van der Waals surface area contributed by atoms with Gasteiger partial charge in [-0.3, -0.25) is 0 Å². The summed E-state index contributed by atoms with van der Waals surface area (Å²) in [5, 5.41) is 4.24. The van der Waals surface area contributed by atoms with Crippen LogP contribution in [0.15, 0.2) is 24.3 Å². The Morgan fingerprint density at radius 1 is 1.44 bits per heavy atom. The van der Waals surface area contributed by atoms with Gasteiger partial charge in [0.05, 0.1) is 0 Å². The second-order valence-electron chi connectivity index (χ2n) is 4.11. The van der Waals surface area contributed by atoms with Gasteiger partial charge in [0.1, 0.15) is 0 Å². The summed E-state index contributed by atoms with van der Waals surface area (Å²) in [6, 6.07) is 6.54. The highest BCUT2D eigenvalue weighted by Gasteiger charge is 1.96. The van der Waals surface area contributed by atoms with Gasteiger partial charge in [-0.25, -0.2) is 0 Å². The molecule has 1 rings (SSSR count). The summed E-state index contributed by atoms with van der Waals surface area (Å²) in [4.78, 5) is 0. The minimum absolute atomic E-state index is 0.403. The molecule has 0 radical (unpaired) electrons. The van der Waals surface area contributed by atoms with Gasteiger partial charge in [0.25, 0.3) is 0 Å². The fraction of sp³-hybridized carbons (Fsp3) is 0.429. The minimum Gasteiger partial charge on any atom is -0.311 e. The third kappa shape index (κ3) is 4.38. The predicted octanol–water partition coefficient (Wildman–Crippen LogP) is 4.05. The molecule has 0 aliphatic carbocycles. The van der Waals surface area contributed by atoms with Gasteiger partial charge in [-0.15, -0.1) is 0 Å². The number of benzene rings is 1. The van der Waals surface area contributed by atoms with E-state index in [9.17, 15) is 0 Å². The average molecular weight is 238 g/mol. The van der Waals surface area contributed by atoms with Gasteiger partial charge >= 0.3 is 0 Å². The number of hydrogen-bond donors (Lipinski definition) is 1. The van der Waals surface area contributed by atoms with E-state index < -0.39 is 0 Å². The van der Waals surface area contributed by atoms with E-state index in [1.807, 2.05) is 19.1 Å². The molecule has 0 heterocycles. The first kappa shape index (κ1) is 13.3. The van der Waals surface area contributed by atoms with Crippen LogP contribution in [0.3, 0.4) is 0 Å². The van der Waals surface area contributed by atoms with Crippen molar-refractivity contribution in [1.29, 1.82) is 0 Å². The maximum Gasteiger partial charge on any atom is 0.0441 e. The first-order valence-corrected chi connectivity index (χ1v) is 6.19. The second kappa shape index (κ2) is 6.72. The molecule has 1 atom stereocenters. The van der Waals surface area contributed by atoms with Crippen LogP contribution in [0.4, 0.5) is 0 Å². The highest BCUT2D eigenvalue weighted by molar-refractivity contribution is 6.31. The summed E-state index contributed by atoms with van der Waals surface area (Å²) < 4.78 is 0. The topological polar surface area (TPSA) is 12.0 Å². The first-order valence-electron chi connectivity index (χ1n) is 5.81. The number of rotatable bonds is 5. The Labute approximate surface area is 104 Å². The molecule has 0 saturated carbocycles. The average Bonchev–Trinajstić information content (AvgIpc) is 2.28. The van der Waals surface area contributed by atoms with Crippen LogP contribution < -0.4 is 5.32 Å². The number of aryl methyl sites for hydroxylation is 1. The van der Waals surface area contributed by atoms with Crippen molar-refractivity contribution in [1.82, 2.24) is 5.32 Å². The lowest BCUT2D eigenvalue weighted by Crippen LogP contribution is -2.24. The summed E-state index contributed by atoms with van der Waals surface area (Å²) in [7, 11) is 0. The van der Waals surface area contributed by atoms with Gasteiger partial charge < -0.3 is 5.32 Å². The zero-order valence-electron chi connectivity index (χ0n) is 10.3. The Morgan fingerprint density at radius 2 is 2.19 bits per heavy atom. The van der Waals surface area contributed by atoms with Crippen molar-refractivity contribution in [2.45, 2.75) is 33.2 Å². The van der Waals surface area contributed by atoms with E-state index in [1.165, 1.54) is 0 Å². The Morgan fingerprint density at radius 3 is 2.81 bits per heavy atom. The van der Waals surface area contributed by atoms with Crippen LogP contribution in [0.1, 0.15) is 31.4 Å². The standard InChI is InChI=1S/C14H20ClN/c1-4-9-16-12(3)6-8-13-7-5-11(2)14(15)10-13/h5-8,10,12,16H,4,9H2,1-3H3/b8-6+. The fourth-order valence-electron chi connectivity index (χ4n) is 1.41. The van der Waals surface area contributed by atoms with Gasteiger partial charge in [-0.2, -0.15) is 0 Å². The highest BCUT2D eigenvalue weighted by Crippen LogP contribution is 2.17. The van der Waals surface area contributed by atoms with E-state index in [0.29, 0.717) is 6.04 Å². The molecule has 1 aromatic carbocycles. The zero-order valence-corrected chi connectivity index (χ0v) is 11.0. The SMILES string of the molecule is CCCNC(C)/C=C/c1ccc(C)c(Cl)c1. The van der Waals surface area contributed by atoms with Crippen molar-refractivity contribution in [3.05, 3.63) is 40.4 Å². The highest BCUT2D eigenvalue weighted by atomic mass is 35.5. The fourth-order valence-corrected chi connectivity index (χ4v) is 1.60. The summed E-state index contributed by atoms with van der Waals surface area (Å²) in [5.74, 6) is 0. The van der Waals surface area contributed by atoms with E-state index >= 15 is 0 Å². The summed E-state index contributed by atoms with van der Waals surface area (Å²) in [6.45, 7) is 7.40. The molecule has 1 N–H and O–H groups in total. The lowest BCUT2D eigenvalue weighted by atomic mass is 10.1. The molecule has 0 spiro atoms. The van der Waals surface area contributed by atoms with Crippen LogP contribution in [-0.4, -0.2) is 12.6 Å². The maximum atomic E-state index is 6.06. The van der Waals surface area contributed by atoms with Crippen molar-refractivity contribution in [3.8, 4) is 0 Å². The van der Waals surface area contributed by atoms with Crippen molar-refractivity contribution in [2.24, 2.45) is 0 Å². The van der Waals surface area contributed by atoms with E-state index in [-0.39, 0.29) is 0 Å². The Bertz CT molecular complexity index is 358. The molecule has 0 amide bonds. The van der Waals surface area contributed by atoms with Gasteiger partial charge in [-0.1, -0.05) is 42.8 Å². The van der Waals surface area contributed by atoms with Crippen molar-refractivity contribution >= 4 is 17.7 Å². The molecule has 1 aromatic rings. The zero-order chi connectivity index (χ0) is 12.0. The number of nitrogens with one attached hydrogen (secondary N) is 1. The van der Waals surface area contributed by atoms with E-state index in [2.05, 4.69) is 37.4 Å². The van der Waals surface area contributed by atoms with Crippen molar-refractivity contribution in [2.75, 3.05) is 6.54 Å². The van der Waals surface area contributed by atoms with Crippen LogP contribution >= 0.6 is 11.6 Å². The van der Waals surface area contributed by atoms with Gasteiger partial charge in [0.2, 0.25) is 0 Å². The Balaban J connectivity index is 2.58.